The Kier molecular flexibility index (Phi) is 5.56. The van der Waals surface area contributed by atoms with Crippen LogP contribution in [0.3, 0.4) is 0 Å². The lowest BCUT2D eigenvalue weighted by atomic mass is 9.99. The van der Waals surface area contributed by atoms with E-state index < -0.39 is 0 Å². The summed E-state index contributed by atoms with van der Waals surface area (Å²) in [6, 6.07) is 12.5. The molecule has 8 heteroatoms. The largest absolute Gasteiger partial charge is 0.478 e. The zero-order chi connectivity index (χ0) is 22.0. The maximum atomic E-state index is 12.4. The zero-order valence-electron chi connectivity index (χ0n) is 16.9. The molecule has 7 nitrogen and oxygen atoms in total. The van der Waals surface area contributed by atoms with Crippen molar-refractivity contribution in [2.75, 3.05) is 6.61 Å². The molecule has 0 unspecified atom stereocenters. The first-order chi connectivity index (χ1) is 15.0. The molecule has 0 radical (unpaired) electrons. The molecule has 0 aliphatic heterocycles. The Morgan fingerprint density at radius 3 is 2.68 bits per heavy atom. The van der Waals surface area contributed by atoms with Crippen LogP contribution in [0.5, 0.6) is 5.88 Å². The second kappa shape index (κ2) is 8.46. The van der Waals surface area contributed by atoms with E-state index in [0.717, 1.165) is 22.3 Å². The van der Waals surface area contributed by atoms with Crippen LogP contribution in [0, 0.1) is 11.3 Å². The molecule has 3 heterocycles. The van der Waals surface area contributed by atoms with Gasteiger partial charge in [0.2, 0.25) is 5.88 Å². The number of pyridine rings is 2. The molecule has 0 spiro atoms. The van der Waals surface area contributed by atoms with Gasteiger partial charge in [0.15, 0.2) is 0 Å². The van der Waals surface area contributed by atoms with E-state index in [-0.39, 0.29) is 5.56 Å². The lowest BCUT2D eigenvalue weighted by Crippen LogP contribution is -2.15. The first-order valence-corrected chi connectivity index (χ1v) is 9.93. The van der Waals surface area contributed by atoms with E-state index in [4.69, 9.17) is 16.3 Å². The predicted molar refractivity (Wildman–Crippen MR) is 118 cm³/mol. The van der Waals surface area contributed by atoms with Crippen LogP contribution in [0.4, 0.5) is 0 Å². The normalized spacial score (nSPS) is 10.6. The van der Waals surface area contributed by atoms with E-state index in [1.54, 1.807) is 66.8 Å². The lowest BCUT2D eigenvalue weighted by Gasteiger charge is -2.11. The Hall–Kier alpha value is -3.89. The van der Waals surface area contributed by atoms with Crippen LogP contribution in [0.1, 0.15) is 12.5 Å². The molecule has 0 saturated carbocycles. The van der Waals surface area contributed by atoms with Gasteiger partial charge in [0, 0.05) is 54.5 Å². The van der Waals surface area contributed by atoms with Crippen molar-refractivity contribution in [1.29, 1.82) is 5.26 Å². The van der Waals surface area contributed by atoms with Crippen molar-refractivity contribution in [2.24, 2.45) is 7.05 Å². The van der Waals surface area contributed by atoms with Crippen LogP contribution < -0.4 is 10.3 Å². The molecule has 0 aliphatic carbocycles. The number of benzene rings is 1. The highest BCUT2D eigenvalue weighted by atomic mass is 35.5. The van der Waals surface area contributed by atoms with Crippen molar-refractivity contribution >= 4 is 11.6 Å². The van der Waals surface area contributed by atoms with Gasteiger partial charge in [-0.15, -0.1) is 0 Å². The van der Waals surface area contributed by atoms with Crippen molar-refractivity contribution in [3.8, 4) is 39.9 Å². The van der Waals surface area contributed by atoms with E-state index in [1.807, 2.05) is 13.0 Å². The van der Waals surface area contributed by atoms with Crippen LogP contribution in [0.2, 0.25) is 5.02 Å². The second-order valence-electron chi connectivity index (χ2n) is 6.79. The zero-order valence-corrected chi connectivity index (χ0v) is 17.7. The summed E-state index contributed by atoms with van der Waals surface area (Å²) in [7, 11) is 1.70. The van der Waals surface area contributed by atoms with Crippen LogP contribution in [-0.2, 0) is 7.05 Å². The number of ether oxygens (including phenoxy) is 1. The molecule has 4 rings (SSSR count). The Bertz CT molecular complexity index is 1350. The lowest BCUT2D eigenvalue weighted by molar-refractivity contribution is 0.327. The number of nitriles is 1. The Labute approximate surface area is 183 Å². The van der Waals surface area contributed by atoms with Gasteiger partial charge in [0.25, 0.3) is 5.56 Å². The number of aromatic nitrogens is 4. The fourth-order valence-corrected chi connectivity index (χ4v) is 3.49. The van der Waals surface area contributed by atoms with Crippen LogP contribution >= 0.6 is 11.6 Å². The van der Waals surface area contributed by atoms with Gasteiger partial charge in [-0.3, -0.25) is 4.79 Å². The van der Waals surface area contributed by atoms with Crippen molar-refractivity contribution < 1.29 is 4.74 Å². The van der Waals surface area contributed by atoms with E-state index in [9.17, 15) is 10.1 Å². The SMILES string of the molecule is CCOc1ccc(-c2cc(=O)n(C)cc2-c2cnn(-c3cccc(Cl)c3C#N)c2)cn1. The van der Waals surface area contributed by atoms with Crippen molar-refractivity contribution in [3.63, 3.8) is 0 Å². The number of nitrogens with zero attached hydrogens (tertiary/aromatic N) is 5. The average molecular weight is 432 g/mol. The standard InChI is InChI=1S/C23H18ClN5O2/c1-3-31-22-8-7-15(11-26-22)17-9-23(30)28(2)14-19(17)16-12-27-29(13-16)21-6-4-5-20(24)18(21)10-25/h4-9,11-14H,3H2,1-2H3. The number of rotatable bonds is 5. The summed E-state index contributed by atoms with van der Waals surface area (Å²) in [6.45, 7) is 2.42. The van der Waals surface area contributed by atoms with Gasteiger partial charge >= 0.3 is 0 Å². The van der Waals surface area contributed by atoms with Gasteiger partial charge in [-0.1, -0.05) is 17.7 Å². The summed E-state index contributed by atoms with van der Waals surface area (Å²) in [5.41, 5.74) is 3.88. The first kappa shape index (κ1) is 20.4. The summed E-state index contributed by atoms with van der Waals surface area (Å²) in [5.74, 6) is 0.523. The molecule has 0 fully saturated rings. The minimum atomic E-state index is -0.137. The Balaban J connectivity index is 1.83. The molecular formula is C23H18ClN5O2. The molecular weight excluding hydrogens is 414 g/mol. The summed E-state index contributed by atoms with van der Waals surface area (Å²) < 4.78 is 8.53. The molecule has 1 aromatic carbocycles. The highest BCUT2D eigenvalue weighted by Gasteiger charge is 2.15. The average Bonchev–Trinajstić information content (AvgIpc) is 3.26. The molecule has 0 saturated heterocycles. The molecule has 154 valence electrons. The fraction of sp³-hybridized carbons (Fsp3) is 0.130. The monoisotopic (exact) mass is 431 g/mol. The molecule has 0 amide bonds. The molecule has 4 aromatic rings. The van der Waals surface area contributed by atoms with Gasteiger partial charge < -0.3 is 9.30 Å². The second-order valence-corrected chi connectivity index (χ2v) is 7.19. The van der Waals surface area contributed by atoms with E-state index in [2.05, 4.69) is 16.2 Å². The van der Waals surface area contributed by atoms with E-state index >= 15 is 0 Å². The molecule has 0 aliphatic rings. The number of halogens is 1. The third-order valence-electron chi connectivity index (χ3n) is 4.81. The van der Waals surface area contributed by atoms with Gasteiger partial charge in [-0.2, -0.15) is 10.4 Å². The molecule has 0 bridgehead atoms. The van der Waals surface area contributed by atoms with Gasteiger partial charge in [-0.05, 0) is 30.7 Å². The Morgan fingerprint density at radius 2 is 1.97 bits per heavy atom. The quantitative estimate of drug-likeness (QED) is 0.472. The molecule has 0 N–H and O–H groups in total. The van der Waals surface area contributed by atoms with Crippen LogP contribution in [-0.4, -0.2) is 25.9 Å². The smallest absolute Gasteiger partial charge is 0.250 e. The van der Waals surface area contributed by atoms with Gasteiger partial charge in [-0.25, -0.2) is 9.67 Å². The fourth-order valence-electron chi connectivity index (χ4n) is 3.28. The summed E-state index contributed by atoms with van der Waals surface area (Å²) in [5, 5.41) is 14.3. The number of hydrogen-bond acceptors (Lipinski definition) is 5. The summed E-state index contributed by atoms with van der Waals surface area (Å²) in [4.78, 5) is 16.7. The van der Waals surface area contributed by atoms with Crippen LogP contribution in [0.15, 0.2) is 66.0 Å². The van der Waals surface area contributed by atoms with Gasteiger partial charge in [0.05, 0.1) is 29.1 Å². The maximum Gasteiger partial charge on any atom is 0.250 e. The molecule has 3 aromatic heterocycles. The summed E-state index contributed by atoms with van der Waals surface area (Å²) in [6.07, 6.45) is 6.93. The third-order valence-corrected chi connectivity index (χ3v) is 5.13. The first-order valence-electron chi connectivity index (χ1n) is 9.55. The van der Waals surface area contributed by atoms with E-state index in [1.165, 1.54) is 4.57 Å². The van der Waals surface area contributed by atoms with Crippen molar-refractivity contribution in [1.82, 2.24) is 19.3 Å². The van der Waals surface area contributed by atoms with E-state index in [0.29, 0.717) is 28.8 Å². The molecule has 31 heavy (non-hydrogen) atoms. The number of aryl methyl sites for hydroxylation is 1. The van der Waals surface area contributed by atoms with Gasteiger partial charge in [0.1, 0.15) is 6.07 Å². The highest BCUT2D eigenvalue weighted by molar-refractivity contribution is 6.32. The third kappa shape index (κ3) is 3.93. The van der Waals surface area contributed by atoms with Crippen molar-refractivity contribution in [2.45, 2.75) is 6.92 Å². The van der Waals surface area contributed by atoms with Crippen LogP contribution in [0.25, 0.3) is 27.9 Å². The summed E-state index contributed by atoms with van der Waals surface area (Å²) >= 11 is 6.16. The minimum Gasteiger partial charge on any atom is -0.478 e. The highest BCUT2D eigenvalue weighted by Crippen LogP contribution is 2.32. The Morgan fingerprint density at radius 1 is 1.13 bits per heavy atom. The minimum absolute atomic E-state index is 0.137. The molecule has 0 atom stereocenters. The van der Waals surface area contributed by atoms with Crippen molar-refractivity contribution in [3.05, 3.63) is 82.1 Å². The maximum absolute atomic E-state index is 12.4. The topological polar surface area (TPSA) is 85.7 Å². The number of hydrogen-bond donors (Lipinski definition) is 0. The predicted octanol–water partition coefficient (Wildman–Crippen LogP) is 4.22.